The van der Waals surface area contributed by atoms with Crippen molar-refractivity contribution >= 4 is 10.0 Å². The number of aryl methyl sites for hydroxylation is 1. The molecule has 7 heteroatoms. The van der Waals surface area contributed by atoms with Crippen LogP contribution in [0, 0.1) is 0 Å². The highest BCUT2D eigenvalue weighted by Crippen LogP contribution is 2.18. The van der Waals surface area contributed by atoms with Crippen LogP contribution in [0.15, 0.2) is 41.7 Å². The SMILES string of the molecule is CNCc1cc(S(=O)(=O)NC(C)c2cccnc2)cn1C. The molecule has 2 N–H and O–H groups in total. The molecule has 0 aromatic carbocycles. The van der Waals surface area contributed by atoms with Crippen molar-refractivity contribution in [2.24, 2.45) is 7.05 Å². The van der Waals surface area contributed by atoms with Gasteiger partial charge in [-0.2, -0.15) is 0 Å². The van der Waals surface area contributed by atoms with Crippen LogP contribution in [-0.2, 0) is 23.6 Å². The molecule has 0 aliphatic heterocycles. The lowest BCUT2D eigenvalue weighted by Gasteiger charge is -2.13. The van der Waals surface area contributed by atoms with Crippen molar-refractivity contribution in [2.45, 2.75) is 24.4 Å². The smallest absolute Gasteiger partial charge is 0.242 e. The molecule has 0 saturated heterocycles. The fourth-order valence-electron chi connectivity index (χ4n) is 2.08. The Morgan fingerprint density at radius 2 is 2.19 bits per heavy atom. The number of nitrogens with one attached hydrogen (secondary N) is 2. The molecule has 0 radical (unpaired) electrons. The van der Waals surface area contributed by atoms with E-state index in [2.05, 4.69) is 15.0 Å². The van der Waals surface area contributed by atoms with Gasteiger partial charge in [-0.25, -0.2) is 13.1 Å². The second-order valence-corrected chi connectivity index (χ2v) is 6.65. The van der Waals surface area contributed by atoms with E-state index in [0.717, 1.165) is 11.3 Å². The van der Waals surface area contributed by atoms with E-state index in [9.17, 15) is 8.42 Å². The predicted molar refractivity (Wildman–Crippen MR) is 81.2 cm³/mol. The molecular weight excluding hydrogens is 288 g/mol. The quantitative estimate of drug-likeness (QED) is 0.840. The van der Waals surface area contributed by atoms with Crippen LogP contribution in [0.2, 0.25) is 0 Å². The van der Waals surface area contributed by atoms with Gasteiger partial charge < -0.3 is 9.88 Å². The Labute approximate surface area is 125 Å². The highest BCUT2D eigenvalue weighted by molar-refractivity contribution is 7.89. The maximum Gasteiger partial charge on any atom is 0.242 e. The number of nitrogens with zero attached hydrogens (tertiary/aromatic N) is 2. The Hall–Kier alpha value is -1.70. The third-order valence-electron chi connectivity index (χ3n) is 3.27. The standard InChI is InChI=1S/C14H20N4O2S/c1-11(12-5-4-6-16-8-12)17-21(19,20)14-7-13(9-15-2)18(3)10-14/h4-8,10-11,15,17H,9H2,1-3H3. The first-order valence-corrected chi connectivity index (χ1v) is 8.14. The van der Waals surface area contributed by atoms with Crippen molar-refractivity contribution < 1.29 is 8.42 Å². The van der Waals surface area contributed by atoms with Gasteiger partial charge in [-0.3, -0.25) is 4.98 Å². The number of rotatable bonds is 6. The van der Waals surface area contributed by atoms with Crippen molar-refractivity contribution in [1.82, 2.24) is 19.6 Å². The Bertz CT molecular complexity index is 695. The van der Waals surface area contributed by atoms with E-state index in [0.29, 0.717) is 6.54 Å². The van der Waals surface area contributed by atoms with Crippen molar-refractivity contribution in [1.29, 1.82) is 0 Å². The molecule has 0 aliphatic rings. The average Bonchev–Trinajstić information content (AvgIpc) is 2.82. The summed E-state index contributed by atoms with van der Waals surface area (Å²) in [5, 5.41) is 3.01. The minimum Gasteiger partial charge on any atom is -0.352 e. The molecule has 0 spiro atoms. The van der Waals surface area contributed by atoms with Gasteiger partial charge in [0.1, 0.15) is 0 Å². The zero-order chi connectivity index (χ0) is 15.5. The van der Waals surface area contributed by atoms with E-state index < -0.39 is 10.0 Å². The summed E-state index contributed by atoms with van der Waals surface area (Å²) < 4.78 is 29.3. The molecule has 0 amide bonds. The van der Waals surface area contributed by atoms with Crippen molar-refractivity contribution in [3.8, 4) is 0 Å². The number of aromatic nitrogens is 2. The van der Waals surface area contributed by atoms with Gasteiger partial charge in [-0.1, -0.05) is 6.07 Å². The average molecular weight is 308 g/mol. The Morgan fingerprint density at radius 3 is 2.81 bits per heavy atom. The predicted octanol–water partition coefficient (Wildman–Crippen LogP) is 1.18. The van der Waals surface area contributed by atoms with Crippen LogP contribution in [-0.4, -0.2) is 25.0 Å². The highest BCUT2D eigenvalue weighted by Gasteiger charge is 2.20. The summed E-state index contributed by atoms with van der Waals surface area (Å²) >= 11 is 0. The second kappa shape index (κ2) is 6.38. The number of hydrogen-bond acceptors (Lipinski definition) is 4. The zero-order valence-electron chi connectivity index (χ0n) is 12.4. The first-order valence-electron chi connectivity index (χ1n) is 6.66. The summed E-state index contributed by atoms with van der Waals surface area (Å²) in [6, 6.07) is 4.97. The summed E-state index contributed by atoms with van der Waals surface area (Å²) in [6.45, 7) is 2.41. The summed E-state index contributed by atoms with van der Waals surface area (Å²) in [5.74, 6) is 0. The number of sulfonamides is 1. The fraction of sp³-hybridized carbons (Fsp3) is 0.357. The zero-order valence-corrected chi connectivity index (χ0v) is 13.2. The molecule has 0 saturated carbocycles. The molecule has 0 aliphatic carbocycles. The normalized spacial score (nSPS) is 13.3. The summed E-state index contributed by atoms with van der Waals surface area (Å²) in [7, 11) is 0.0989. The van der Waals surface area contributed by atoms with Crippen LogP contribution in [0.5, 0.6) is 0 Å². The van der Waals surface area contributed by atoms with E-state index in [4.69, 9.17) is 0 Å². The molecule has 1 unspecified atom stereocenters. The van der Waals surface area contributed by atoms with Crippen LogP contribution in [0.4, 0.5) is 0 Å². The second-order valence-electron chi connectivity index (χ2n) is 4.94. The van der Waals surface area contributed by atoms with Gasteiger partial charge in [-0.05, 0) is 31.7 Å². The van der Waals surface area contributed by atoms with Crippen molar-refractivity contribution in [3.63, 3.8) is 0 Å². The lowest BCUT2D eigenvalue weighted by Crippen LogP contribution is -2.26. The minimum absolute atomic E-state index is 0.269. The van der Waals surface area contributed by atoms with Crippen LogP contribution in [0.3, 0.4) is 0 Å². The molecule has 2 aromatic heterocycles. The van der Waals surface area contributed by atoms with Gasteiger partial charge in [0.15, 0.2) is 0 Å². The number of hydrogen-bond donors (Lipinski definition) is 2. The maximum atomic E-state index is 12.4. The molecule has 6 nitrogen and oxygen atoms in total. The van der Waals surface area contributed by atoms with Gasteiger partial charge in [-0.15, -0.1) is 0 Å². The van der Waals surface area contributed by atoms with Crippen LogP contribution in [0.25, 0.3) is 0 Å². The van der Waals surface area contributed by atoms with E-state index in [1.165, 1.54) is 0 Å². The lowest BCUT2D eigenvalue weighted by atomic mass is 10.2. The lowest BCUT2D eigenvalue weighted by molar-refractivity contribution is 0.566. The number of pyridine rings is 1. The van der Waals surface area contributed by atoms with Gasteiger partial charge in [0.25, 0.3) is 0 Å². The molecule has 2 rings (SSSR count). The topological polar surface area (TPSA) is 76.0 Å². The van der Waals surface area contributed by atoms with Crippen LogP contribution in [0.1, 0.15) is 24.2 Å². The van der Waals surface area contributed by atoms with Gasteiger partial charge in [0.2, 0.25) is 10.0 Å². The molecule has 0 bridgehead atoms. The monoisotopic (exact) mass is 308 g/mol. The molecule has 2 heterocycles. The third kappa shape index (κ3) is 3.69. The Balaban J connectivity index is 2.20. The largest absolute Gasteiger partial charge is 0.352 e. The van der Waals surface area contributed by atoms with Crippen molar-refractivity contribution in [2.75, 3.05) is 7.05 Å². The first kappa shape index (κ1) is 15.7. The molecule has 114 valence electrons. The van der Waals surface area contributed by atoms with E-state index >= 15 is 0 Å². The van der Waals surface area contributed by atoms with E-state index in [1.807, 2.05) is 20.2 Å². The highest BCUT2D eigenvalue weighted by atomic mass is 32.2. The van der Waals surface area contributed by atoms with Crippen LogP contribution < -0.4 is 10.0 Å². The van der Waals surface area contributed by atoms with Gasteiger partial charge >= 0.3 is 0 Å². The van der Waals surface area contributed by atoms with Crippen molar-refractivity contribution in [3.05, 3.63) is 48.0 Å². The molecule has 21 heavy (non-hydrogen) atoms. The summed E-state index contributed by atoms with van der Waals surface area (Å²) in [4.78, 5) is 4.27. The summed E-state index contributed by atoms with van der Waals surface area (Å²) in [5.41, 5.74) is 1.74. The fourth-order valence-corrected chi connectivity index (χ4v) is 3.41. The Morgan fingerprint density at radius 1 is 1.43 bits per heavy atom. The molecule has 0 fully saturated rings. The minimum atomic E-state index is -3.55. The maximum absolute atomic E-state index is 12.4. The Kier molecular flexibility index (Phi) is 4.76. The van der Waals surface area contributed by atoms with E-state index in [-0.39, 0.29) is 10.9 Å². The molecule has 2 aromatic rings. The van der Waals surface area contributed by atoms with Gasteiger partial charge in [0.05, 0.1) is 4.90 Å². The van der Waals surface area contributed by atoms with Gasteiger partial charge in [0, 0.05) is 43.9 Å². The molecule has 1 atom stereocenters. The van der Waals surface area contributed by atoms with E-state index in [1.54, 1.807) is 42.2 Å². The third-order valence-corrected chi connectivity index (χ3v) is 4.78. The molecular formula is C14H20N4O2S. The summed E-state index contributed by atoms with van der Waals surface area (Å²) in [6.07, 6.45) is 4.93. The first-order chi connectivity index (χ1) is 9.94. The van der Waals surface area contributed by atoms with Crippen LogP contribution >= 0.6 is 0 Å².